The first kappa shape index (κ1) is 11.5. The normalized spacial score (nSPS) is 39.4. The molecule has 0 saturated heterocycles. The Hall–Kier alpha value is -1.56. The van der Waals surface area contributed by atoms with Gasteiger partial charge in [-0.1, -0.05) is 63.5 Å². The van der Waals surface area contributed by atoms with Crippen molar-refractivity contribution in [1.82, 2.24) is 0 Å². The maximum absolute atomic E-state index is 4.42. The zero-order valence-electron chi connectivity index (χ0n) is 11.3. The number of hydrogen-bond acceptors (Lipinski definition) is 0. The maximum Gasteiger partial charge on any atom is 0.0300 e. The molecule has 3 aliphatic rings. The predicted molar refractivity (Wildman–Crippen MR) is 78.2 cm³/mol. The molecular weight excluding hydrogens is 216 g/mol. The summed E-state index contributed by atoms with van der Waals surface area (Å²) < 4.78 is 0. The van der Waals surface area contributed by atoms with Gasteiger partial charge in [0.2, 0.25) is 0 Å². The van der Waals surface area contributed by atoms with Crippen molar-refractivity contribution >= 4 is 0 Å². The Morgan fingerprint density at radius 2 is 2.06 bits per heavy atom. The SMILES string of the molecule is C=C/C=C1/C=CC2(C)C3=C(CCC=C3)C(=C)C12C. The minimum Gasteiger partial charge on any atom is -0.0991 e. The van der Waals surface area contributed by atoms with Crippen molar-refractivity contribution in [2.45, 2.75) is 26.7 Å². The molecule has 0 radical (unpaired) electrons. The average Bonchev–Trinajstić information content (AvgIpc) is 2.73. The van der Waals surface area contributed by atoms with Crippen LogP contribution in [-0.4, -0.2) is 0 Å². The van der Waals surface area contributed by atoms with Crippen molar-refractivity contribution in [3.63, 3.8) is 0 Å². The minimum absolute atomic E-state index is 0.0144. The number of rotatable bonds is 1. The van der Waals surface area contributed by atoms with E-state index >= 15 is 0 Å². The lowest BCUT2D eigenvalue weighted by Crippen LogP contribution is -2.31. The van der Waals surface area contributed by atoms with E-state index in [0.29, 0.717) is 0 Å². The average molecular weight is 236 g/mol. The molecule has 0 N–H and O–H groups in total. The molecule has 0 heterocycles. The van der Waals surface area contributed by atoms with E-state index in [1.165, 1.54) is 22.3 Å². The van der Waals surface area contributed by atoms with Gasteiger partial charge in [0.15, 0.2) is 0 Å². The minimum atomic E-state index is 0.0144. The Balaban J connectivity index is 2.24. The standard InChI is InChI=1S/C18H20/c1-5-8-14-11-12-17(3)16-10-7-6-9-15(16)13(2)18(14,17)4/h5,7-8,10-12H,1-2,6,9H2,3-4H3/b14-8-. The van der Waals surface area contributed by atoms with E-state index in [1.54, 1.807) is 0 Å². The molecule has 92 valence electrons. The van der Waals surface area contributed by atoms with Gasteiger partial charge in [-0.2, -0.15) is 0 Å². The van der Waals surface area contributed by atoms with Crippen molar-refractivity contribution in [1.29, 1.82) is 0 Å². The fourth-order valence-electron chi connectivity index (χ4n) is 3.85. The van der Waals surface area contributed by atoms with Crippen LogP contribution in [0.2, 0.25) is 0 Å². The van der Waals surface area contributed by atoms with E-state index in [1.807, 2.05) is 6.08 Å². The van der Waals surface area contributed by atoms with Gasteiger partial charge in [0.25, 0.3) is 0 Å². The van der Waals surface area contributed by atoms with Crippen molar-refractivity contribution in [2.75, 3.05) is 0 Å². The summed E-state index contributed by atoms with van der Waals surface area (Å²) in [7, 11) is 0. The van der Waals surface area contributed by atoms with Crippen molar-refractivity contribution in [3.8, 4) is 0 Å². The van der Waals surface area contributed by atoms with Gasteiger partial charge in [-0.25, -0.2) is 0 Å². The molecule has 3 aliphatic carbocycles. The molecular formula is C18H20. The van der Waals surface area contributed by atoms with Crippen molar-refractivity contribution in [2.24, 2.45) is 10.8 Å². The van der Waals surface area contributed by atoms with Crippen LogP contribution in [-0.2, 0) is 0 Å². The first-order valence-electron chi connectivity index (χ1n) is 6.68. The molecule has 0 nitrogen and oxygen atoms in total. The monoisotopic (exact) mass is 236 g/mol. The summed E-state index contributed by atoms with van der Waals surface area (Å²) in [5, 5.41) is 0. The zero-order chi connectivity index (χ0) is 13.0. The summed E-state index contributed by atoms with van der Waals surface area (Å²) in [6.45, 7) is 12.9. The lowest BCUT2D eigenvalue weighted by molar-refractivity contribution is 0.314. The van der Waals surface area contributed by atoms with E-state index in [9.17, 15) is 0 Å². The van der Waals surface area contributed by atoms with Crippen LogP contribution in [0.3, 0.4) is 0 Å². The summed E-state index contributed by atoms with van der Waals surface area (Å²) in [4.78, 5) is 0. The fraction of sp³-hybridized carbons (Fsp3) is 0.333. The highest BCUT2D eigenvalue weighted by Crippen LogP contribution is 2.67. The first-order chi connectivity index (χ1) is 8.55. The summed E-state index contributed by atoms with van der Waals surface area (Å²) in [5.74, 6) is 0. The zero-order valence-corrected chi connectivity index (χ0v) is 11.3. The predicted octanol–water partition coefficient (Wildman–Crippen LogP) is 4.90. The van der Waals surface area contributed by atoms with Gasteiger partial charge in [-0.05, 0) is 35.1 Å². The third kappa shape index (κ3) is 1.07. The van der Waals surface area contributed by atoms with Crippen LogP contribution in [0.4, 0.5) is 0 Å². The Morgan fingerprint density at radius 3 is 2.78 bits per heavy atom. The van der Waals surface area contributed by atoms with Crippen LogP contribution in [0.25, 0.3) is 0 Å². The van der Waals surface area contributed by atoms with E-state index in [4.69, 9.17) is 0 Å². The Kier molecular flexibility index (Phi) is 2.22. The second kappa shape index (κ2) is 3.47. The van der Waals surface area contributed by atoms with Gasteiger partial charge in [0.1, 0.15) is 0 Å². The molecule has 0 spiro atoms. The lowest BCUT2D eigenvalue weighted by Gasteiger charge is -2.38. The van der Waals surface area contributed by atoms with Crippen LogP contribution in [0.15, 0.2) is 71.9 Å². The van der Waals surface area contributed by atoms with Crippen molar-refractivity contribution < 1.29 is 0 Å². The van der Waals surface area contributed by atoms with Gasteiger partial charge in [0, 0.05) is 10.8 Å². The van der Waals surface area contributed by atoms with Gasteiger partial charge >= 0.3 is 0 Å². The summed E-state index contributed by atoms with van der Waals surface area (Å²) >= 11 is 0. The van der Waals surface area contributed by atoms with E-state index < -0.39 is 0 Å². The van der Waals surface area contributed by atoms with Crippen LogP contribution < -0.4 is 0 Å². The lowest BCUT2D eigenvalue weighted by atomic mass is 9.64. The first-order valence-corrected chi connectivity index (χ1v) is 6.68. The molecule has 0 aromatic heterocycles. The summed E-state index contributed by atoms with van der Waals surface area (Å²) in [5.41, 5.74) is 5.70. The van der Waals surface area contributed by atoms with Gasteiger partial charge < -0.3 is 0 Å². The van der Waals surface area contributed by atoms with Crippen LogP contribution in [0.5, 0.6) is 0 Å². The third-order valence-electron chi connectivity index (χ3n) is 5.21. The maximum atomic E-state index is 4.42. The number of fused-ring (bicyclic) bond motifs is 2. The molecule has 0 bridgehead atoms. The quantitative estimate of drug-likeness (QED) is 0.607. The van der Waals surface area contributed by atoms with Crippen LogP contribution in [0, 0.1) is 10.8 Å². The largest absolute Gasteiger partial charge is 0.0991 e. The van der Waals surface area contributed by atoms with E-state index in [2.05, 4.69) is 57.4 Å². The van der Waals surface area contributed by atoms with Crippen LogP contribution >= 0.6 is 0 Å². The molecule has 0 fully saturated rings. The van der Waals surface area contributed by atoms with Crippen LogP contribution in [0.1, 0.15) is 26.7 Å². The Morgan fingerprint density at radius 1 is 1.28 bits per heavy atom. The third-order valence-corrected chi connectivity index (χ3v) is 5.21. The summed E-state index contributed by atoms with van der Waals surface area (Å²) in [6.07, 6.45) is 15.5. The number of hydrogen-bond donors (Lipinski definition) is 0. The highest BCUT2D eigenvalue weighted by molar-refractivity contribution is 5.66. The molecule has 0 saturated carbocycles. The highest BCUT2D eigenvalue weighted by Gasteiger charge is 2.57. The molecule has 0 aromatic rings. The molecule has 3 rings (SSSR count). The molecule has 0 heteroatoms. The molecule has 2 unspecified atom stereocenters. The summed E-state index contributed by atoms with van der Waals surface area (Å²) in [6, 6.07) is 0. The fourth-order valence-corrected chi connectivity index (χ4v) is 3.85. The second-order valence-corrected chi connectivity index (χ2v) is 5.83. The topological polar surface area (TPSA) is 0 Å². The van der Waals surface area contributed by atoms with E-state index in [0.717, 1.165) is 12.8 Å². The Labute approximate surface area is 110 Å². The van der Waals surface area contributed by atoms with Gasteiger partial charge in [-0.15, -0.1) is 0 Å². The molecule has 0 aliphatic heterocycles. The molecule has 2 atom stereocenters. The number of allylic oxidation sites excluding steroid dienone is 10. The molecule has 18 heavy (non-hydrogen) atoms. The molecule has 0 amide bonds. The van der Waals surface area contributed by atoms with Gasteiger partial charge in [-0.3, -0.25) is 0 Å². The highest BCUT2D eigenvalue weighted by atomic mass is 14.6. The van der Waals surface area contributed by atoms with Gasteiger partial charge in [0.05, 0.1) is 0 Å². The second-order valence-electron chi connectivity index (χ2n) is 5.83. The van der Waals surface area contributed by atoms with Crippen molar-refractivity contribution in [3.05, 3.63) is 71.9 Å². The smallest absolute Gasteiger partial charge is 0.0300 e. The molecule has 0 aromatic carbocycles. The van der Waals surface area contributed by atoms with E-state index in [-0.39, 0.29) is 10.8 Å². The Bertz CT molecular complexity index is 565.